The Balaban J connectivity index is 2.11. The third-order valence-electron chi connectivity index (χ3n) is 2.98. The average molecular weight is 362 g/mol. The number of hydrogen-bond donors (Lipinski definition) is 1. The van der Waals surface area contributed by atoms with E-state index in [0.717, 1.165) is 0 Å². The van der Waals surface area contributed by atoms with Gasteiger partial charge in [0, 0.05) is 10.6 Å². The first-order chi connectivity index (χ1) is 11.3. The van der Waals surface area contributed by atoms with Crippen molar-refractivity contribution in [1.29, 1.82) is 0 Å². The van der Waals surface area contributed by atoms with E-state index in [0.29, 0.717) is 5.02 Å². The highest BCUT2D eigenvalue weighted by molar-refractivity contribution is 6.30. The molecule has 0 saturated carbocycles. The highest BCUT2D eigenvalue weighted by Crippen LogP contribution is 2.28. The van der Waals surface area contributed by atoms with Gasteiger partial charge in [0.1, 0.15) is 5.75 Å². The number of rotatable bonds is 6. The Kier molecular flexibility index (Phi) is 5.66. The Morgan fingerprint density at radius 3 is 2.38 bits per heavy atom. The number of hydrogen-bond acceptors (Lipinski definition) is 2. The van der Waals surface area contributed by atoms with Crippen molar-refractivity contribution in [2.24, 2.45) is 0 Å². The summed E-state index contributed by atoms with van der Waals surface area (Å²) in [6, 6.07) is 11.7. The molecular weight excluding hydrogens is 350 g/mol. The molecule has 0 aliphatic heterocycles. The lowest BCUT2D eigenvalue weighted by Gasteiger charge is -2.18. The van der Waals surface area contributed by atoms with E-state index in [9.17, 15) is 22.4 Å². The summed E-state index contributed by atoms with van der Waals surface area (Å²) >= 11 is 5.73. The van der Waals surface area contributed by atoms with E-state index in [1.807, 2.05) is 0 Å². The first-order valence-electron chi connectivity index (χ1n) is 6.74. The van der Waals surface area contributed by atoms with Crippen LogP contribution in [0.25, 0.3) is 0 Å². The second-order valence-electron chi connectivity index (χ2n) is 4.81. The van der Waals surface area contributed by atoms with Gasteiger partial charge in [-0.25, -0.2) is 8.78 Å². The molecular formula is C16H12ClF4NO2. The number of carbonyl (C=O) groups excluding carboxylic acids is 1. The van der Waals surface area contributed by atoms with E-state index >= 15 is 0 Å². The van der Waals surface area contributed by atoms with Crippen LogP contribution in [0, 0.1) is 0 Å². The largest absolute Gasteiger partial charge is 0.485 e. The van der Waals surface area contributed by atoms with E-state index in [-0.39, 0.29) is 17.0 Å². The number of amides is 1. The summed E-state index contributed by atoms with van der Waals surface area (Å²) in [5, 5.41) is 2.92. The molecule has 0 unspecified atom stereocenters. The Morgan fingerprint density at radius 1 is 1.12 bits per heavy atom. The number of carbonyl (C=O) groups is 1. The van der Waals surface area contributed by atoms with Gasteiger partial charge in [0.15, 0.2) is 6.61 Å². The minimum Gasteiger partial charge on any atom is -0.485 e. The molecule has 1 amide bonds. The van der Waals surface area contributed by atoms with Crippen molar-refractivity contribution in [2.45, 2.75) is 12.3 Å². The summed E-state index contributed by atoms with van der Waals surface area (Å²) in [5.41, 5.74) is 0.370. The van der Waals surface area contributed by atoms with Crippen LogP contribution >= 0.6 is 11.6 Å². The minimum absolute atomic E-state index is 0.0857. The lowest BCUT2D eigenvalue weighted by atomic mass is 10.2. The molecule has 0 atom stereocenters. The smallest absolute Gasteiger partial charge is 0.340 e. The van der Waals surface area contributed by atoms with Crippen molar-refractivity contribution in [2.75, 3.05) is 11.9 Å². The molecule has 0 saturated heterocycles. The Labute approximate surface area is 140 Å². The monoisotopic (exact) mass is 361 g/mol. The van der Waals surface area contributed by atoms with Crippen LogP contribution in [0.4, 0.5) is 23.2 Å². The van der Waals surface area contributed by atoms with Gasteiger partial charge in [-0.15, -0.1) is 0 Å². The summed E-state index contributed by atoms with van der Waals surface area (Å²) in [6.45, 7) is -1.50. The van der Waals surface area contributed by atoms with Gasteiger partial charge in [-0.1, -0.05) is 23.7 Å². The second-order valence-corrected chi connectivity index (χ2v) is 5.24. The molecule has 24 heavy (non-hydrogen) atoms. The maximum Gasteiger partial charge on any atom is 0.340 e. The third-order valence-corrected chi connectivity index (χ3v) is 3.23. The molecule has 0 heterocycles. The van der Waals surface area contributed by atoms with Gasteiger partial charge in [0.05, 0.1) is 5.69 Å². The van der Waals surface area contributed by atoms with Crippen LogP contribution in [0.15, 0.2) is 48.5 Å². The van der Waals surface area contributed by atoms with Gasteiger partial charge in [-0.2, -0.15) is 8.78 Å². The SMILES string of the molecule is O=C(Nc1ccccc1OCC(F)(F)C(F)F)c1ccc(Cl)cc1. The molecule has 2 aromatic carbocycles. The summed E-state index contributed by atoms with van der Waals surface area (Å²) < 4.78 is 55.0. The van der Waals surface area contributed by atoms with E-state index in [1.54, 1.807) is 0 Å². The predicted molar refractivity (Wildman–Crippen MR) is 82.3 cm³/mol. The number of nitrogens with one attached hydrogen (secondary N) is 1. The molecule has 0 radical (unpaired) electrons. The molecule has 1 N–H and O–H groups in total. The lowest BCUT2D eigenvalue weighted by Crippen LogP contribution is -2.33. The molecule has 0 aliphatic rings. The maximum atomic E-state index is 13.0. The van der Waals surface area contributed by atoms with Crippen molar-refractivity contribution >= 4 is 23.2 Å². The Hall–Kier alpha value is -2.28. The van der Waals surface area contributed by atoms with Crippen LogP contribution in [-0.2, 0) is 0 Å². The van der Waals surface area contributed by atoms with E-state index < -0.39 is 24.9 Å². The molecule has 128 valence electrons. The van der Waals surface area contributed by atoms with Crippen LogP contribution in [-0.4, -0.2) is 24.9 Å². The molecule has 2 aromatic rings. The van der Waals surface area contributed by atoms with Crippen molar-refractivity contribution < 1.29 is 27.1 Å². The zero-order valence-corrected chi connectivity index (χ0v) is 12.9. The van der Waals surface area contributed by atoms with Crippen molar-refractivity contribution in [1.82, 2.24) is 0 Å². The molecule has 0 aromatic heterocycles. The van der Waals surface area contributed by atoms with Crippen LogP contribution in [0.3, 0.4) is 0 Å². The van der Waals surface area contributed by atoms with Gasteiger partial charge in [0.2, 0.25) is 0 Å². The van der Waals surface area contributed by atoms with Gasteiger partial charge in [-0.05, 0) is 36.4 Å². The number of benzene rings is 2. The number of alkyl halides is 4. The molecule has 0 fully saturated rings. The predicted octanol–water partition coefficient (Wildman–Crippen LogP) is 4.87. The van der Waals surface area contributed by atoms with Gasteiger partial charge < -0.3 is 10.1 Å². The number of para-hydroxylation sites is 2. The van der Waals surface area contributed by atoms with Crippen molar-refractivity contribution in [3.8, 4) is 5.75 Å². The van der Waals surface area contributed by atoms with Gasteiger partial charge >= 0.3 is 12.3 Å². The van der Waals surface area contributed by atoms with E-state index in [2.05, 4.69) is 5.32 Å². The Morgan fingerprint density at radius 2 is 1.75 bits per heavy atom. The first kappa shape index (κ1) is 18.1. The lowest BCUT2D eigenvalue weighted by molar-refractivity contribution is -0.148. The summed E-state index contributed by atoms with van der Waals surface area (Å²) in [6.07, 6.45) is -3.84. The Bertz CT molecular complexity index is 707. The fourth-order valence-corrected chi connectivity index (χ4v) is 1.85. The maximum absolute atomic E-state index is 13.0. The minimum atomic E-state index is -4.28. The van der Waals surface area contributed by atoms with Gasteiger partial charge in [0.25, 0.3) is 5.91 Å². The fraction of sp³-hybridized carbons (Fsp3) is 0.188. The van der Waals surface area contributed by atoms with E-state index in [1.165, 1.54) is 48.5 Å². The summed E-state index contributed by atoms with van der Waals surface area (Å²) in [7, 11) is 0. The number of ether oxygens (including phenoxy) is 1. The standard InChI is InChI=1S/C16H12ClF4NO2/c17-11-7-5-10(6-8-11)14(23)22-12-3-1-2-4-13(12)24-9-16(20,21)15(18)19/h1-8,15H,9H2,(H,22,23). The number of anilines is 1. The second kappa shape index (κ2) is 7.53. The van der Waals surface area contributed by atoms with Crippen LogP contribution in [0.5, 0.6) is 5.75 Å². The van der Waals surface area contributed by atoms with E-state index in [4.69, 9.17) is 16.3 Å². The van der Waals surface area contributed by atoms with Crippen LogP contribution < -0.4 is 10.1 Å². The molecule has 0 spiro atoms. The first-order valence-corrected chi connectivity index (χ1v) is 7.12. The van der Waals surface area contributed by atoms with Crippen LogP contribution in [0.2, 0.25) is 5.02 Å². The normalized spacial score (nSPS) is 11.4. The van der Waals surface area contributed by atoms with Gasteiger partial charge in [-0.3, -0.25) is 4.79 Å². The average Bonchev–Trinajstić information content (AvgIpc) is 2.54. The summed E-state index contributed by atoms with van der Waals surface area (Å²) in [5.74, 6) is -4.95. The summed E-state index contributed by atoms with van der Waals surface area (Å²) in [4.78, 5) is 12.1. The van der Waals surface area contributed by atoms with Crippen molar-refractivity contribution in [3.05, 3.63) is 59.1 Å². The third kappa shape index (κ3) is 4.61. The molecule has 3 nitrogen and oxygen atoms in total. The molecule has 0 aliphatic carbocycles. The topological polar surface area (TPSA) is 38.3 Å². The quantitative estimate of drug-likeness (QED) is 0.745. The highest BCUT2D eigenvalue weighted by Gasteiger charge is 2.41. The van der Waals surface area contributed by atoms with Crippen LogP contribution in [0.1, 0.15) is 10.4 Å². The number of halogens is 5. The molecule has 2 rings (SSSR count). The molecule has 0 bridgehead atoms. The van der Waals surface area contributed by atoms with Crippen molar-refractivity contribution in [3.63, 3.8) is 0 Å². The highest BCUT2D eigenvalue weighted by atomic mass is 35.5. The zero-order valence-electron chi connectivity index (χ0n) is 12.1. The molecule has 8 heteroatoms. The zero-order chi connectivity index (χ0) is 17.7. The fourth-order valence-electron chi connectivity index (χ4n) is 1.73.